The summed E-state index contributed by atoms with van der Waals surface area (Å²) in [6.07, 6.45) is 14.4. The fourth-order valence-electron chi connectivity index (χ4n) is 5.11. The fraction of sp³-hybridized carbons (Fsp3) is 0.889. The van der Waals surface area contributed by atoms with E-state index in [0.29, 0.717) is 18.1 Å². The van der Waals surface area contributed by atoms with Gasteiger partial charge in [0.1, 0.15) is 0 Å². The van der Waals surface area contributed by atoms with Crippen LogP contribution in [-0.2, 0) is 14.4 Å². The van der Waals surface area contributed by atoms with E-state index in [-0.39, 0.29) is 0 Å². The second-order valence-corrected chi connectivity index (χ2v) is 11.3. The maximum Gasteiger partial charge on any atom is 0.307 e. The molecule has 0 aromatic heterocycles. The first-order valence-electron chi connectivity index (χ1n) is 13.7. The molecule has 9 heteroatoms. The second kappa shape index (κ2) is 19.4. The average Bonchev–Trinajstić information content (AvgIpc) is 2.73. The average molecular weight is 516 g/mol. The van der Waals surface area contributed by atoms with E-state index in [1.165, 1.54) is 77.0 Å². The van der Waals surface area contributed by atoms with Crippen LogP contribution in [0.4, 0.5) is 0 Å². The Kier molecular flexibility index (Phi) is 18.5. The van der Waals surface area contributed by atoms with Crippen molar-refractivity contribution in [1.29, 1.82) is 0 Å². The van der Waals surface area contributed by atoms with Crippen LogP contribution in [-0.4, -0.2) is 51.4 Å². The SMILES string of the molecule is CC1CCCC(N)C1.CC1CCCC(N)C1.CC1CCCC(N)C1.O=C(O)CC(CC(=O)O)C(=O)O. The summed E-state index contributed by atoms with van der Waals surface area (Å²) < 4.78 is 0. The standard InChI is InChI=1S/3C7H15N.C6H8O6/c3*1-6-3-2-4-7(8)5-6;7-4(8)1-3(6(11)12)2-5(9)10/h3*6-7H,2-5,8H2,1H3;3H,1-2H2,(H,7,8)(H,9,10)(H,11,12). The molecule has 6 atom stereocenters. The zero-order valence-electron chi connectivity index (χ0n) is 22.7. The summed E-state index contributed by atoms with van der Waals surface area (Å²) in [6, 6.07) is 1.54. The first-order valence-corrected chi connectivity index (χ1v) is 13.7. The second-order valence-electron chi connectivity index (χ2n) is 11.3. The number of hydrogen-bond donors (Lipinski definition) is 6. The van der Waals surface area contributed by atoms with Gasteiger partial charge in [0, 0.05) is 18.1 Å². The Labute approximate surface area is 217 Å². The van der Waals surface area contributed by atoms with Crippen LogP contribution in [0, 0.1) is 23.7 Å². The van der Waals surface area contributed by atoms with Gasteiger partial charge in [0.2, 0.25) is 0 Å². The molecule has 3 aliphatic rings. The van der Waals surface area contributed by atoms with E-state index in [0.717, 1.165) is 17.8 Å². The predicted molar refractivity (Wildman–Crippen MR) is 142 cm³/mol. The molecule has 9 N–H and O–H groups in total. The first kappa shape index (κ1) is 34.3. The lowest BCUT2D eigenvalue weighted by Gasteiger charge is -2.22. The number of carbonyl (C=O) groups is 3. The maximum absolute atomic E-state index is 10.2. The minimum atomic E-state index is -1.40. The summed E-state index contributed by atoms with van der Waals surface area (Å²) >= 11 is 0. The fourth-order valence-corrected chi connectivity index (χ4v) is 5.11. The molecule has 3 rings (SSSR count). The number of carboxylic acid groups (broad SMARTS) is 3. The van der Waals surface area contributed by atoms with Gasteiger partial charge in [0.25, 0.3) is 0 Å². The Balaban J connectivity index is 0.000000460. The Morgan fingerprint density at radius 3 is 1.03 bits per heavy atom. The summed E-state index contributed by atoms with van der Waals surface area (Å²) in [5.74, 6) is -2.72. The first-order chi connectivity index (χ1) is 16.8. The van der Waals surface area contributed by atoms with Crippen molar-refractivity contribution in [1.82, 2.24) is 0 Å². The summed E-state index contributed by atoms with van der Waals surface area (Å²) in [5, 5.41) is 24.7. The third-order valence-corrected chi connectivity index (χ3v) is 7.12. The predicted octanol–water partition coefficient (Wildman–Crippen LogP) is 4.21. The van der Waals surface area contributed by atoms with Gasteiger partial charge in [0.05, 0.1) is 18.8 Å². The topological polar surface area (TPSA) is 190 Å². The van der Waals surface area contributed by atoms with Gasteiger partial charge in [-0.2, -0.15) is 0 Å². The van der Waals surface area contributed by atoms with E-state index >= 15 is 0 Å². The van der Waals surface area contributed by atoms with Crippen LogP contribution in [0.15, 0.2) is 0 Å². The molecule has 36 heavy (non-hydrogen) atoms. The Bertz CT molecular complexity index is 545. The molecule has 0 saturated heterocycles. The van der Waals surface area contributed by atoms with Gasteiger partial charge >= 0.3 is 17.9 Å². The van der Waals surface area contributed by atoms with Crippen LogP contribution in [0.25, 0.3) is 0 Å². The number of aliphatic carboxylic acids is 3. The number of carboxylic acids is 3. The van der Waals surface area contributed by atoms with Crippen LogP contribution < -0.4 is 17.2 Å². The van der Waals surface area contributed by atoms with Crippen LogP contribution in [0.2, 0.25) is 0 Å². The van der Waals surface area contributed by atoms with Crippen molar-refractivity contribution >= 4 is 17.9 Å². The summed E-state index contributed by atoms with van der Waals surface area (Å²) in [5.41, 5.74) is 17.2. The number of rotatable bonds is 5. The van der Waals surface area contributed by atoms with Crippen molar-refractivity contribution in [3.63, 3.8) is 0 Å². The van der Waals surface area contributed by atoms with E-state index in [4.69, 9.17) is 32.5 Å². The molecule has 0 bridgehead atoms. The van der Waals surface area contributed by atoms with Gasteiger partial charge in [-0.1, -0.05) is 59.3 Å². The quantitative estimate of drug-likeness (QED) is 0.311. The molecule has 9 nitrogen and oxygen atoms in total. The third-order valence-electron chi connectivity index (χ3n) is 7.12. The van der Waals surface area contributed by atoms with Crippen molar-refractivity contribution in [2.24, 2.45) is 40.9 Å². The summed E-state index contributed by atoms with van der Waals surface area (Å²) in [4.78, 5) is 30.3. The smallest absolute Gasteiger partial charge is 0.307 e. The Morgan fingerprint density at radius 2 is 0.889 bits per heavy atom. The lowest BCUT2D eigenvalue weighted by atomic mass is 9.88. The molecule has 0 aromatic carbocycles. The minimum absolute atomic E-state index is 0.513. The van der Waals surface area contributed by atoms with Crippen LogP contribution in [0.3, 0.4) is 0 Å². The van der Waals surface area contributed by atoms with Crippen molar-refractivity contribution in [3.05, 3.63) is 0 Å². The highest BCUT2D eigenvalue weighted by Crippen LogP contribution is 2.23. The molecule has 3 aliphatic carbocycles. The highest BCUT2D eigenvalue weighted by Gasteiger charge is 2.23. The Morgan fingerprint density at radius 1 is 0.611 bits per heavy atom. The highest BCUT2D eigenvalue weighted by atomic mass is 16.4. The zero-order chi connectivity index (χ0) is 27.7. The van der Waals surface area contributed by atoms with Crippen molar-refractivity contribution in [2.45, 2.75) is 129 Å². The third kappa shape index (κ3) is 19.5. The molecule has 6 unspecified atom stereocenters. The highest BCUT2D eigenvalue weighted by molar-refractivity contribution is 5.82. The van der Waals surface area contributed by atoms with Gasteiger partial charge in [-0.05, 0) is 56.3 Å². The molecule has 3 saturated carbocycles. The molecular formula is C27H53N3O6. The van der Waals surface area contributed by atoms with Crippen molar-refractivity contribution in [3.8, 4) is 0 Å². The van der Waals surface area contributed by atoms with Crippen LogP contribution in [0.5, 0.6) is 0 Å². The molecule has 3 fully saturated rings. The van der Waals surface area contributed by atoms with Gasteiger partial charge in [0.15, 0.2) is 0 Å². The molecule has 0 radical (unpaired) electrons. The van der Waals surface area contributed by atoms with E-state index in [1.54, 1.807) is 0 Å². The molecule has 0 aliphatic heterocycles. The molecule has 0 spiro atoms. The number of hydrogen-bond acceptors (Lipinski definition) is 6. The van der Waals surface area contributed by atoms with Crippen molar-refractivity contribution < 1.29 is 29.7 Å². The van der Waals surface area contributed by atoms with Crippen LogP contribution >= 0.6 is 0 Å². The van der Waals surface area contributed by atoms with Crippen LogP contribution in [0.1, 0.15) is 111 Å². The van der Waals surface area contributed by atoms with Gasteiger partial charge < -0.3 is 32.5 Å². The lowest BCUT2D eigenvalue weighted by Crippen LogP contribution is -2.26. The molecule has 0 aromatic rings. The van der Waals surface area contributed by atoms with E-state index in [9.17, 15) is 14.4 Å². The summed E-state index contributed by atoms with van der Waals surface area (Å²) in [7, 11) is 0. The maximum atomic E-state index is 10.2. The molecule has 0 amide bonds. The minimum Gasteiger partial charge on any atom is -0.481 e. The molecule has 0 heterocycles. The molecular weight excluding hydrogens is 462 g/mol. The van der Waals surface area contributed by atoms with Crippen molar-refractivity contribution in [2.75, 3.05) is 0 Å². The zero-order valence-corrected chi connectivity index (χ0v) is 22.7. The largest absolute Gasteiger partial charge is 0.481 e. The summed E-state index contributed by atoms with van der Waals surface area (Å²) in [6.45, 7) is 6.87. The normalized spacial score (nSPS) is 29.8. The lowest BCUT2D eigenvalue weighted by molar-refractivity contribution is -0.152. The Hall–Kier alpha value is -1.71. The number of nitrogens with two attached hydrogens (primary N) is 3. The monoisotopic (exact) mass is 515 g/mol. The van der Waals surface area contributed by atoms with E-state index in [1.807, 2.05) is 0 Å². The van der Waals surface area contributed by atoms with Gasteiger partial charge in [-0.25, -0.2) is 0 Å². The van der Waals surface area contributed by atoms with Gasteiger partial charge in [-0.15, -0.1) is 0 Å². The van der Waals surface area contributed by atoms with E-state index in [2.05, 4.69) is 20.8 Å². The van der Waals surface area contributed by atoms with E-state index < -0.39 is 36.7 Å². The molecule has 212 valence electrons. The van der Waals surface area contributed by atoms with Gasteiger partial charge in [-0.3, -0.25) is 14.4 Å².